The second kappa shape index (κ2) is 5.79. The normalized spacial score (nSPS) is 10.5. The quantitative estimate of drug-likeness (QED) is 0.813. The molecule has 4 nitrogen and oxygen atoms in total. The van der Waals surface area contributed by atoms with Crippen molar-refractivity contribution in [3.63, 3.8) is 0 Å². The summed E-state index contributed by atoms with van der Waals surface area (Å²) in [5.74, 6) is 0.0236. The Hall–Kier alpha value is -1.27. The number of carbonyl (C=O) groups is 1. The van der Waals surface area contributed by atoms with Crippen molar-refractivity contribution in [3.05, 3.63) is 50.3 Å². The molecule has 1 aromatic heterocycles. The van der Waals surface area contributed by atoms with E-state index in [0.717, 1.165) is 14.6 Å². The summed E-state index contributed by atoms with van der Waals surface area (Å²) in [7, 11) is 0. The van der Waals surface area contributed by atoms with Gasteiger partial charge in [-0.05, 0) is 47.1 Å². The minimum absolute atomic E-state index is 0.199. The zero-order valence-electron chi connectivity index (χ0n) is 10.0. The molecule has 0 aliphatic rings. The molecule has 0 unspecified atom stereocenters. The highest BCUT2D eigenvalue weighted by molar-refractivity contribution is 9.11. The van der Waals surface area contributed by atoms with Crippen LogP contribution in [0.4, 0.5) is 5.69 Å². The number of benzene rings is 1. The van der Waals surface area contributed by atoms with E-state index >= 15 is 0 Å². The van der Waals surface area contributed by atoms with Crippen LogP contribution in [0.3, 0.4) is 0 Å². The predicted molar refractivity (Wildman–Crippen MR) is 79.6 cm³/mol. The van der Waals surface area contributed by atoms with E-state index in [1.807, 2.05) is 18.2 Å². The number of aromatic carboxylic acids is 1. The second-order valence-electron chi connectivity index (χ2n) is 3.97. The summed E-state index contributed by atoms with van der Waals surface area (Å²) >= 11 is 6.83. The SMILES string of the molecule is Cc1oc(CNc2cc(Br)ccc2Br)cc1C(=O)O. The van der Waals surface area contributed by atoms with Gasteiger partial charge in [0.2, 0.25) is 0 Å². The average Bonchev–Trinajstić information content (AvgIpc) is 2.72. The first kappa shape index (κ1) is 14.1. The Morgan fingerprint density at radius 1 is 1.37 bits per heavy atom. The summed E-state index contributed by atoms with van der Waals surface area (Å²) < 4.78 is 7.28. The third kappa shape index (κ3) is 3.39. The summed E-state index contributed by atoms with van der Waals surface area (Å²) in [5, 5.41) is 12.1. The maximum atomic E-state index is 10.9. The van der Waals surface area contributed by atoms with E-state index in [9.17, 15) is 4.79 Å². The van der Waals surface area contributed by atoms with Gasteiger partial charge in [0.1, 0.15) is 17.1 Å². The van der Waals surface area contributed by atoms with Crippen molar-refractivity contribution in [2.24, 2.45) is 0 Å². The van der Waals surface area contributed by atoms with Gasteiger partial charge in [0.05, 0.1) is 6.54 Å². The Labute approximate surface area is 127 Å². The van der Waals surface area contributed by atoms with Crippen molar-refractivity contribution >= 4 is 43.5 Å². The number of aryl methyl sites for hydroxylation is 1. The molecule has 1 heterocycles. The number of carboxylic acids is 1. The summed E-state index contributed by atoms with van der Waals surface area (Å²) in [5.41, 5.74) is 1.10. The van der Waals surface area contributed by atoms with Crippen LogP contribution in [0.1, 0.15) is 21.9 Å². The third-order valence-corrected chi connectivity index (χ3v) is 3.77. The Bertz CT molecular complexity index is 622. The number of rotatable bonds is 4. The molecule has 2 N–H and O–H groups in total. The summed E-state index contributed by atoms with van der Waals surface area (Å²) in [6.45, 7) is 2.06. The fraction of sp³-hybridized carbons (Fsp3) is 0.154. The molecule has 1 aromatic carbocycles. The van der Waals surface area contributed by atoms with Crippen LogP contribution in [-0.2, 0) is 6.54 Å². The molecule has 0 radical (unpaired) electrons. The fourth-order valence-electron chi connectivity index (χ4n) is 1.66. The molecule has 0 saturated heterocycles. The van der Waals surface area contributed by atoms with Gasteiger partial charge in [0.15, 0.2) is 0 Å². The van der Waals surface area contributed by atoms with Crippen LogP contribution in [0, 0.1) is 6.92 Å². The molecule has 6 heteroatoms. The van der Waals surface area contributed by atoms with Crippen molar-refractivity contribution < 1.29 is 14.3 Å². The molecule has 19 heavy (non-hydrogen) atoms. The predicted octanol–water partition coefficient (Wildman–Crippen LogP) is 4.42. The lowest BCUT2D eigenvalue weighted by Crippen LogP contribution is -1.99. The number of halogens is 2. The summed E-state index contributed by atoms with van der Waals surface area (Å²) in [4.78, 5) is 10.9. The number of hydrogen-bond acceptors (Lipinski definition) is 3. The van der Waals surface area contributed by atoms with E-state index < -0.39 is 5.97 Å². The van der Waals surface area contributed by atoms with Gasteiger partial charge in [-0.25, -0.2) is 4.79 Å². The first-order valence-corrected chi connectivity index (χ1v) is 7.07. The summed E-state index contributed by atoms with van der Waals surface area (Å²) in [6, 6.07) is 7.31. The molecule has 0 amide bonds. The van der Waals surface area contributed by atoms with Crippen LogP contribution < -0.4 is 5.32 Å². The van der Waals surface area contributed by atoms with Gasteiger partial charge in [-0.1, -0.05) is 15.9 Å². The maximum Gasteiger partial charge on any atom is 0.339 e. The molecule has 0 saturated carbocycles. The van der Waals surface area contributed by atoms with Crippen LogP contribution >= 0.6 is 31.9 Å². The van der Waals surface area contributed by atoms with Gasteiger partial charge < -0.3 is 14.8 Å². The zero-order valence-corrected chi connectivity index (χ0v) is 13.2. The van der Waals surface area contributed by atoms with E-state index in [0.29, 0.717) is 18.1 Å². The molecular formula is C13H11Br2NO3. The first-order valence-electron chi connectivity index (χ1n) is 5.49. The monoisotopic (exact) mass is 387 g/mol. The van der Waals surface area contributed by atoms with Gasteiger partial charge in [-0.15, -0.1) is 0 Å². The standard InChI is InChI=1S/C13H11Br2NO3/c1-7-10(13(17)18)5-9(19-7)6-16-12-4-8(14)2-3-11(12)15/h2-5,16H,6H2,1H3,(H,17,18). The van der Waals surface area contributed by atoms with Gasteiger partial charge in [-0.2, -0.15) is 0 Å². The van der Waals surface area contributed by atoms with Gasteiger partial charge in [0, 0.05) is 14.6 Å². The van der Waals surface area contributed by atoms with E-state index in [2.05, 4.69) is 37.2 Å². The van der Waals surface area contributed by atoms with Crippen molar-refractivity contribution in [1.82, 2.24) is 0 Å². The largest absolute Gasteiger partial charge is 0.478 e. The van der Waals surface area contributed by atoms with Crippen LogP contribution in [0.2, 0.25) is 0 Å². The number of anilines is 1. The van der Waals surface area contributed by atoms with Crippen LogP contribution in [-0.4, -0.2) is 11.1 Å². The maximum absolute atomic E-state index is 10.9. The van der Waals surface area contributed by atoms with Crippen LogP contribution in [0.15, 0.2) is 37.6 Å². The van der Waals surface area contributed by atoms with E-state index in [1.165, 1.54) is 6.07 Å². The highest BCUT2D eigenvalue weighted by atomic mass is 79.9. The molecule has 0 aliphatic carbocycles. The van der Waals surface area contributed by atoms with Gasteiger partial charge in [0.25, 0.3) is 0 Å². The highest BCUT2D eigenvalue weighted by Crippen LogP contribution is 2.27. The van der Waals surface area contributed by atoms with Gasteiger partial charge in [-0.3, -0.25) is 0 Å². The van der Waals surface area contributed by atoms with Crippen molar-refractivity contribution in [2.75, 3.05) is 5.32 Å². The van der Waals surface area contributed by atoms with Gasteiger partial charge >= 0.3 is 5.97 Å². The van der Waals surface area contributed by atoms with E-state index in [4.69, 9.17) is 9.52 Å². The Kier molecular flexibility index (Phi) is 4.31. The molecular weight excluding hydrogens is 378 g/mol. The molecule has 0 bridgehead atoms. The third-order valence-electron chi connectivity index (χ3n) is 2.58. The number of hydrogen-bond donors (Lipinski definition) is 2. The highest BCUT2D eigenvalue weighted by Gasteiger charge is 2.13. The molecule has 0 atom stereocenters. The molecule has 2 aromatic rings. The number of furan rings is 1. The van der Waals surface area contributed by atoms with E-state index in [1.54, 1.807) is 6.92 Å². The smallest absolute Gasteiger partial charge is 0.339 e. The average molecular weight is 389 g/mol. The Balaban J connectivity index is 2.12. The molecule has 0 fully saturated rings. The van der Waals surface area contributed by atoms with Crippen molar-refractivity contribution in [3.8, 4) is 0 Å². The molecule has 0 aliphatic heterocycles. The minimum atomic E-state index is -0.976. The summed E-state index contributed by atoms with van der Waals surface area (Å²) in [6.07, 6.45) is 0. The lowest BCUT2D eigenvalue weighted by Gasteiger charge is -2.07. The minimum Gasteiger partial charge on any atom is -0.478 e. The number of nitrogens with one attached hydrogen (secondary N) is 1. The lowest BCUT2D eigenvalue weighted by atomic mass is 10.2. The second-order valence-corrected chi connectivity index (χ2v) is 5.74. The van der Waals surface area contributed by atoms with Crippen molar-refractivity contribution in [2.45, 2.75) is 13.5 Å². The first-order chi connectivity index (χ1) is 8.97. The zero-order chi connectivity index (χ0) is 14.0. The number of carboxylic acid groups (broad SMARTS) is 1. The Morgan fingerprint density at radius 3 is 2.74 bits per heavy atom. The van der Waals surface area contributed by atoms with Crippen molar-refractivity contribution in [1.29, 1.82) is 0 Å². The molecule has 0 spiro atoms. The molecule has 2 rings (SSSR count). The van der Waals surface area contributed by atoms with Crippen LogP contribution in [0.25, 0.3) is 0 Å². The fourth-order valence-corrected chi connectivity index (χ4v) is 2.41. The van der Waals surface area contributed by atoms with Crippen LogP contribution in [0.5, 0.6) is 0 Å². The lowest BCUT2D eigenvalue weighted by molar-refractivity contribution is 0.0695. The van der Waals surface area contributed by atoms with E-state index in [-0.39, 0.29) is 5.56 Å². The topological polar surface area (TPSA) is 62.5 Å². The Morgan fingerprint density at radius 2 is 2.11 bits per heavy atom. The molecule has 100 valence electrons.